The first-order valence-corrected chi connectivity index (χ1v) is 7.79. The van der Waals surface area contributed by atoms with Gasteiger partial charge in [-0.1, -0.05) is 19.3 Å². The molecule has 1 N–H and O–H groups in total. The Labute approximate surface area is 121 Å². The number of amides is 2. The summed E-state index contributed by atoms with van der Waals surface area (Å²) in [4.78, 5) is 26.7. The van der Waals surface area contributed by atoms with Gasteiger partial charge >= 0.3 is 0 Å². The highest BCUT2D eigenvalue weighted by molar-refractivity contribution is 5.93. The Balaban J connectivity index is 2.16. The number of nitrogens with zero attached hydrogens (tertiary/aromatic N) is 1. The number of rotatable bonds is 4. The first-order chi connectivity index (χ1) is 9.59. The highest BCUT2D eigenvalue weighted by Gasteiger charge is 2.45. The van der Waals surface area contributed by atoms with Crippen LogP contribution in [-0.2, 0) is 14.3 Å². The minimum absolute atomic E-state index is 0.00589. The molecule has 0 aromatic heterocycles. The average Bonchev–Trinajstić information content (AvgIpc) is 2.56. The molecule has 0 bridgehead atoms. The quantitative estimate of drug-likeness (QED) is 0.849. The van der Waals surface area contributed by atoms with Crippen LogP contribution in [-0.4, -0.2) is 48.1 Å². The van der Waals surface area contributed by atoms with Crippen molar-refractivity contribution in [1.82, 2.24) is 10.2 Å². The summed E-state index contributed by atoms with van der Waals surface area (Å²) in [6, 6.07) is 0.0222. The van der Waals surface area contributed by atoms with Crippen LogP contribution in [0, 0.1) is 0 Å². The second kappa shape index (κ2) is 6.57. The third-order valence-corrected chi connectivity index (χ3v) is 4.43. The van der Waals surface area contributed by atoms with E-state index in [1.807, 2.05) is 18.7 Å². The smallest absolute Gasteiger partial charge is 0.248 e. The second-order valence-electron chi connectivity index (χ2n) is 5.95. The number of ether oxygens (including phenoxy) is 1. The van der Waals surface area contributed by atoms with Crippen molar-refractivity contribution in [1.29, 1.82) is 0 Å². The van der Waals surface area contributed by atoms with Gasteiger partial charge in [0, 0.05) is 19.6 Å². The number of carbonyl (C=O) groups is 2. The summed E-state index contributed by atoms with van der Waals surface area (Å²) >= 11 is 0. The molecule has 5 heteroatoms. The van der Waals surface area contributed by atoms with Gasteiger partial charge in [-0.3, -0.25) is 9.59 Å². The van der Waals surface area contributed by atoms with Crippen molar-refractivity contribution in [3.63, 3.8) is 0 Å². The second-order valence-corrected chi connectivity index (χ2v) is 5.95. The molecule has 0 aromatic carbocycles. The first kappa shape index (κ1) is 15.3. The van der Waals surface area contributed by atoms with Crippen LogP contribution < -0.4 is 5.32 Å². The van der Waals surface area contributed by atoms with Crippen molar-refractivity contribution in [3.05, 3.63) is 0 Å². The molecule has 1 unspecified atom stereocenters. The zero-order chi connectivity index (χ0) is 14.6. The Kier molecular flexibility index (Phi) is 5.02. The zero-order valence-electron chi connectivity index (χ0n) is 12.6. The van der Waals surface area contributed by atoms with Gasteiger partial charge in [-0.25, -0.2) is 0 Å². The van der Waals surface area contributed by atoms with Crippen LogP contribution in [0.25, 0.3) is 0 Å². The van der Waals surface area contributed by atoms with Gasteiger partial charge in [0.05, 0.1) is 12.6 Å². The van der Waals surface area contributed by atoms with Crippen molar-refractivity contribution in [2.24, 2.45) is 0 Å². The Morgan fingerprint density at radius 1 is 1.30 bits per heavy atom. The molecule has 1 aliphatic heterocycles. The predicted octanol–water partition coefficient (Wildman–Crippen LogP) is 1.46. The standard InChI is InChI=1S/C15H26N2O3/c1-3-20-11-12(2)17-10-7-13(18)16-15(14(17)19)8-5-4-6-9-15/h12H,3-11H2,1-2H3,(H,16,18). The molecule has 1 heterocycles. The fourth-order valence-electron chi connectivity index (χ4n) is 3.27. The fraction of sp³-hybridized carbons (Fsp3) is 0.867. The van der Waals surface area contributed by atoms with Crippen molar-refractivity contribution in [2.75, 3.05) is 19.8 Å². The van der Waals surface area contributed by atoms with Crippen LogP contribution in [0.5, 0.6) is 0 Å². The summed E-state index contributed by atoms with van der Waals surface area (Å²) in [6.45, 7) is 5.63. The molecule has 2 amide bonds. The Morgan fingerprint density at radius 2 is 2.00 bits per heavy atom. The van der Waals surface area contributed by atoms with E-state index in [4.69, 9.17) is 4.74 Å². The summed E-state index contributed by atoms with van der Waals surface area (Å²) in [7, 11) is 0. The van der Waals surface area contributed by atoms with Gasteiger partial charge in [0.1, 0.15) is 5.54 Å². The van der Waals surface area contributed by atoms with E-state index in [1.54, 1.807) is 0 Å². The van der Waals surface area contributed by atoms with E-state index in [1.165, 1.54) is 0 Å². The maximum absolute atomic E-state index is 12.9. The SMILES string of the molecule is CCOCC(C)N1CCC(=O)NC2(CCCCC2)C1=O. The van der Waals surface area contributed by atoms with Crippen LogP contribution in [0.2, 0.25) is 0 Å². The lowest BCUT2D eigenvalue weighted by atomic mass is 9.80. The van der Waals surface area contributed by atoms with E-state index in [0.717, 1.165) is 32.1 Å². The number of hydrogen-bond donors (Lipinski definition) is 1. The maximum atomic E-state index is 12.9. The summed E-state index contributed by atoms with van der Waals surface area (Å²) in [5.41, 5.74) is -0.647. The summed E-state index contributed by atoms with van der Waals surface area (Å²) < 4.78 is 5.44. The molecule has 0 radical (unpaired) electrons. The molecule has 1 spiro atoms. The minimum atomic E-state index is -0.647. The molecule has 1 atom stereocenters. The largest absolute Gasteiger partial charge is 0.380 e. The highest BCUT2D eigenvalue weighted by Crippen LogP contribution is 2.32. The van der Waals surface area contributed by atoms with Gasteiger partial charge in [0.25, 0.3) is 0 Å². The Bertz CT molecular complexity index is 364. The van der Waals surface area contributed by atoms with E-state index >= 15 is 0 Å². The average molecular weight is 282 g/mol. The Morgan fingerprint density at radius 3 is 2.65 bits per heavy atom. The van der Waals surface area contributed by atoms with Crippen LogP contribution in [0.3, 0.4) is 0 Å². The third-order valence-electron chi connectivity index (χ3n) is 4.43. The van der Waals surface area contributed by atoms with E-state index in [-0.39, 0.29) is 17.9 Å². The topological polar surface area (TPSA) is 58.6 Å². The lowest BCUT2D eigenvalue weighted by Crippen LogP contribution is -2.59. The molecular weight excluding hydrogens is 256 g/mol. The van der Waals surface area contributed by atoms with E-state index < -0.39 is 5.54 Å². The minimum Gasteiger partial charge on any atom is -0.380 e. The molecule has 1 saturated carbocycles. The van der Waals surface area contributed by atoms with Crippen molar-refractivity contribution >= 4 is 11.8 Å². The number of nitrogens with one attached hydrogen (secondary N) is 1. The maximum Gasteiger partial charge on any atom is 0.248 e. The summed E-state index contributed by atoms with van der Waals surface area (Å²) in [5.74, 6) is 0.0987. The lowest BCUT2D eigenvalue weighted by Gasteiger charge is -2.39. The van der Waals surface area contributed by atoms with Gasteiger partial charge in [0.2, 0.25) is 11.8 Å². The zero-order valence-corrected chi connectivity index (χ0v) is 12.6. The van der Waals surface area contributed by atoms with Crippen LogP contribution >= 0.6 is 0 Å². The van der Waals surface area contributed by atoms with Crippen molar-refractivity contribution in [2.45, 2.75) is 64.0 Å². The molecule has 2 rings (SSSR count). The molecule has 2 aliphatic rings. The predicted molar refractivity (Wildman–Crippen MR) is 76.2 cm³/mol. The molecule has 114 valence electrons. The van der Waals surface area contributed by atoms with E-state index in [2.05, 4.69) is 5.32 Å². The summed E-state index contributed by atoms with van der Waals surface area (Å²) in [6.07, 6.45) is 5.12. The van der Waals surface area contributed by atoms with Crippen molar-refractivity contribution in [3.8, 4) is 0 Å². The normalized spacial score (nSPS) is 24.4. The van der Waals surface area contributed by atoms with E-state index in [0.29, 0.717) is 26.2 Å². The molecule has 20 heavy (non-hydrogen) atoms. The summed E-state index contributed by atoms with van der Waals surface area (Å²) in [5, 5.41) is 3.01. The van der Waals surface area contributed by atoms with Crippen LogP contribution in [0.4, 0.5) is 0 Å². The van der Waals surface area contributed by atoms with Crippen LogP contribution in [0.1, 0.15) is 52.4 Å². The van der Waals surface area contributed by atoms with Gasteiger partial charge in [-0.05, 0) is 26.7 Å². The lowest BCUT2D eigenvalue weighted by molar-refractivity contribution is -0.143. The third kappa shape index (κ3) is 3.14. The van der Waals surface area contributed by atoms with Gasteiger partial charge in [-0.2, -0.15) is 0 Å². The van der Waals surface area contributed by atoms with Gasteiger partial charge < -0.3 is 15.0 Å². The van der Waals surface area contributed by atoms with Crippen molar-refractivity contribution < 1.29 is 14.3 Å². The fourth-order valence-corrected chi connectivity index (χ4v) is 3.27. The van der Waals surface area contributed by atoms with E-state index in [9.17, 15) is 9.59 Å². The number of hydrogen-bond acceptors (Lipinski definition) is 3. The highest BCUT2D eigenvalue weighted by atomic mass is 16.5. The Hall–Kier alpha value is -1.10. The monoisotopic (exact) mass is 282 g/mol. The molecule has 5 nitrogen and oxygen atoms in total. The molecular formula is C15H26N2O3. The molecule has 1 saturated heterocycles. The molecule has 1 aliphatic carbocycles. The van der Waals surface area contributed by atoms with Gasteiger partial charge in [0.15, 0.2) is 0 Å². The van der Waals surface area contributed by atoms with Crippen LogP contribution in [0.15, 0.2) is 0 Å². The molecule has 0 aromatic rings. The first-order valence-electron chi connectivity index (χ1n) is 7.79. The molecule has 2 fully saturated rings. The number of carbonyl (C=O) groups excluding carboxylic acids is 2. The van der Waals surface area contributed by atoms with Gasteiger partial charge in [-0.15, -0.1) is 0 Å².